The van der Waals surface area contributed by atoms with Gasteiger partial charge in [-0.2, -0.15) is 0 Å². The monoisotopic (exact) mass is 393 g/mol. The number of rotatable bonds is 9. The maximum Gasteiger partial charge on any atom is 0.408 e. The molecule has 0 aliphatic heterocycles. The van der Waals surface area contributed by atoms with Gasteiger partial charge in [-0.1, -0.05) is 30.3 Å². The lowest BCUT2D eigenvalue weighted by Crippen LogP contribution is -2.54. The van der Waals surface area contributed by atoms with Gasteiger partial charge < -0.3 is 30.6 Å². The number of benzene rings is 1. The van der Waals surface area contributed by atoms with E-state index in [0.29, 0.717) is 6.29 Å². The van der Waals surface area contributed by atoms with E-state index < -0.39 is 48.7 Å². The Balaban J connectivity index is 2.51. The Morgan fingerprint density at radius 2 is 1.79 bits per heavy atom. The van der Waals surface area contributed by atoms with Crippen LogP contribution >= 0.6 is 0 Å². The van der Waals surface area contributed by atoms with Crippen LogP contribution in [0, 0.1) is 0 Å². The average molecular weight is 393 g/mol. The molecule has 0 fully saturated rings. The van der Waals surface area contributed by atoms with Crippen LogP contribution in [-0.4, -0.2) is 60.1 Å². The van der Waals surface area contributed by atoms with Gasteiger partial charge >= 0.3 is 6.09 Å². The second-order valence-electron chi connectivity index (χ2n) is 7.10. The van der Waals surface area contributed by atoms with E-state index in [2.05, 4.69) is 16.0 Å². The number of ether oxygens (including phenoxy) is 1. The molecule has 1 aromatic rings. The molecule has 2 atom stereocenters. The number of aldehydes is 1. The number of alkyl carbamates (subject to hydrolysis) is 1. The van der Waals surface area contributed by atoms with E-state index in [1.165, 1.54) is 0 Å². The van der Waals surface area contributed by atoms with Crippen LogP contribution in [0.1, 0.15) is 26.3 Å². The predicted octanol–water partition coefficient (Wildman–Crippen LogP) is -0.0854. The molecule has 0 aliphatic carbocycles. The van der Waals surface area contributed by atoms with Crippen LogP contribution in [-0.2, 0) is 25.5 Å². The molecular formula is C19H27N3O6. The Morgan fingerprint density at radius 1 is 1.14 bits per heavy atom. The summed E-state index contributed by atoms with van der Waals surface area (Å²) in [5, 5.41) is 16.4. The molecule has 3 amide bonds. The number of nitrogens with one attached hydrogen (secondary N) is 3. The summed E-state index contributed by atoms with van der Waals surface area (Å²) in [7, 11) is 0. The normalized spacial score (nSPS) is 13.0. The highest BCUT2D eigenvalue weighted by Gasteiger charge is 2.23. The highest BCUT2D eigenvalue weighted by Crippen LogP contribution is 2.06. The molecule has 154 valence electrons. The summed E-state index contributed by atoms with van der Waals surface area (Å²) < 4.78 is 4.99. The molecule has 0 bridgehead atoms. The molecule has 0 aliphatic rings. The minimum atomic E-state index is -1.26. The SMILES string of the molecule is CC(C)(C)OC(=O)NCC(=O)NC(CO)C(=O)NC(C=O)Cc1ccccc1. The Hall–Kier alpha value is -2.94. The molecule has 4 N–H and O–H groups in total. The first kappa shape index (κ1) is 23.1. The van der Waals surface area contributed by atoms with Crippen molar-refractivity contribution in [1.82, 2.24) is 16.0 Å². The molecule has 0 aromatic heterocycles. The fourth-order valence-electron chi connectivity index (χ4n) is 2.19. The lowest BCUT2D eigenvalue weighted by molar-refractivity contribution is -0.130. The first-order chi connectivity index (χ1) is 13.1. The van der Waals surface area contributed by atoms with Crippen molar-refractivity contribution >= 4 is 24.2 Å². The second kappa shape index (κ2) is 11.0. The lowest BCUT2D eigenvalue weighted by atomic mass is 10.1. The van der Waals surface area contributed by atoms with Gasteiger partial charge in [0.05, 0.1) is 12.6 Å². The summed E-state index contributed by atoms with van der Waals surface area (Å²) in [6.07, 6.45) is 0.0877. The summed E-state index contributed by atoms with van der Waals surface area (Å²) in [5.74, 6) is -1.40. The molecule has 9 nitrogen and oxygen atoms in total. The third-order valence-electron chi connectivity index (χ3n) is 3.42. The zero-order valence-electron chi connectivity index (χ0n) is 16.2. The van der Waals surface area contributed by atoms with E-state index in [0.717, 1.165) is 5.56 Å². The van der Waals surface area contributed by atoms with Crippen molar-refractivity contribution in [3.63, 3.8) is 0 Å². The number of aliphatic hydroxyl groups excluding tert-OH is 1. The third kappa shape index (κ3) is 9.13. The third-order valence-corrected chi connectivity index (χ3v) is 3.42. The van der Waals surface area contributed by atoms with Gasteiger partial charge in [0.2, 0.25) is 11.8 Å². The van der Waals surface area contributed by atoms with Crippen LogP contribution in [0.15, 0.2) is 30.3 Å². The zero-order chi connectivity index (χ0) is 21.2. The molecule has 0 radical (unpaired) electrons. The lowest BCUT2D eigenvalue weighted by Gasteiger charge is -2.21. The quantitative estimate of drug-likeness (QED) is 0.434. The van der Waals surface area contributed by atoms with E-state index >= 15 is 0 Å². The molecule has 1 aromatic carbocycles. The maximum atomic E-state index is 12.2. The van der Waals surface area contributed by atoms with Crippen LogP contribution in [0.25, 0.3) is 0 Å². The zero-order valence-corrected chi connectivity index (χ0v) is 16.2. The van der Waals surface area contributed by atoms with Crippen molar-refractivity contribution in [2.45, 2.75) is 44.9 Å². The van der Waals surface area contributed by atoms with E-state index in [1.54, 1.807) is 20.8 Å². The van der Waals surface area contributed by atoms with Crippen molar-refractivity contribution in [2.24, 2.45) is 0 Å². The molecule has 1 rings (SSSR count). The highest BCUT2D eigenvalue weighted by molar-refractivity contribution is 5.90. The van der Waals surface area contributed by atoms with Gasteiger partial charge in [0.15, 0.2) is 0 Å². The van der Waals surface area contributed by atoms with Crippen LogP contribution in [0.2, 0.25) is 0 Å². The first-order valence-electron chi connectivity index (χ1n) is 8.81. The topological polar surface area (TPSA) is 134 Å². The van der Waals surface area contributed by atoms with Crippen molar-refractivity contribution in [2.75, 3.05) is 13.2 Å². The largest absolute Gasteiger partial charge is 0.444 e. The molecule has 0 saturated heterocycles. The van der Waals surface area contributed by atoms with E-state index in [4.69, 9.17) is 4.74 Å². The van der Waals surface area contributed by atoms with Gasteiger partial charge in [-0.3, -0.25) is 9.59 Å². The van der Waals surface area contributed by atoms with Crippen molar-refractivity contribution in [3.05, 3.63) is 35.9 Å². The van der Waals surface area contributed by atoms with Crippen LogP contribution < -0.4 is 16.0 Å². The number of carbonyl (C=O) groups is 4. The molecule has 9 heteroatoms. The molecule has 0 saturated carbocycles. The number of amides is 3. The average Bonchev–Trinajstić information content (AvgIpc) is 2.63. The summed E-state index contributed by atoms with van der Waals surface area (Å²) in [6, 6.07) is 7.03. The Labute approximate surface area is 163 Å². The Bertz CT molecular complexity index is 672. The van der Waals surface area contributed by atoms with Gasteiger partial charge in [0.25, 0.3) is 0 Å². The molecule has 0 spiro atoms. The summed E-state index contributed by atoms with van der Waals surface area (Å²) in [5.41, 5.74) is 0.141. The van der Waals surface area contributed by atoms with Gasteiger partial charge in [-0.15, -0.1) is 0 Å². The fourth-order valence-corrected chi connectivity index (χ4v) is 2.19. The fraction of sp³-hybridized carbons (Fsp3) is 0.474. The Kier molecular flexibility index (Phi) is 9.10. The number of hydrogen-bond acceptors (Lipinski definition) is 6. The number of aliphatic hydroxyl groups is 1. The minimum Gasteiger partial charge on any atom is -0.444 e. The number of hydrogen-bond donors (Lipinski definition) is 4. The van der Waals surface area contributed by atoms with Gasteiger partial charge in [0.1, 0.15) is 24.5 Å². The Morgan fingerprint density at radius 3 is 2.32 bits per heavy atom. The number of carbonyl (C=O) groups excluding carboxylic acids is 4. The van der Waals surface area contributed by atoms with Gasteiger partial charge in [-0.25, -0.2) is 4.79 Å². The van der Waals surface area contributed by atoms with Crippen LogP contribution in [0.4, 0.5) is 4.79 Å². The van der Waals surface area contributed by atoms with E-state index in [-0.39, 0.29) is 6.42 Å². The molecular weight excluding hydrogens is 366 g/mol. The van der Waals surface area contributed by atoms with Gasteiger partial charge in [-0.05, 0) is 32.8 Å². The predicted molar refractivity (Wildman–Crippen MR) is 101 cm³/mol. The van der Waals surface area contributed by atoms with Gasteiger partial charge in [0, 0.05) is 0 Å². The van der Waals surface area contributed by atoms with Crippen LogP contribution in [0.5, 0.6) is 0 Å². The molecule has 0 heterocycles. The molecule has 2 unspecified atom stereocenters. The van der Waals surface area contributed by atoms with Crippen molar-refractivity contribution < 1.29 is 29.0 Å². The second-order valence-corrected chi connectivity index (χ2v) is 7.10. The smallest absolute Gasteiger partial charge is 0.408 e. The first-order valence-corrected chi connectivity index (χ1v) is 8.81. The summed E-state index contributed by atoms with van der Waals surface area (Å²) >= 11 is 0. The summed E-state index contributed by atoms with van der Waals surface area (Å²) in [4.78, 5) is 46.9. The molecule has 28 heavy (non-hydrogen) atoms. The highest BCUT2D eigenvalue weighted by atomic mass is 16.6. The summed E-state index contributed by atoms with van der Waals surface area (Å²) in [6.45, 7) is 3.94. The van der Waals surface area contributed by atoms with Crippen molar-refractivity contribution in [1.29, 1.82) is 0 Å². The standard InChI is InChI=1S/C19H27N3O6/c1-19(2,3)28-18(27)20-10-16(25)22-15(12-24)17(26)21-14(11-23)9-13-7-5-4-6-8-13/h4-8,11,14-15,24H,9-10,12H2,1-3H3,(H,20,27)(H,21,26)(H,22,25). The minimum absolute atomic E-state index is 0.280. The van der Waals surface area contributed by atoms with E-state index in [9.17, 15) is 24.3 Å². The maximum absolute atomic E-state index is 12.2. The van der Waals surface area contributed by atoms with Crippen LogP contribution in [0.3, 0.4) is 0 Å². The van der Waals surface area contributed by atoms with E-state index in [1.807, 2.05) is 30.3 Å². The van der Waals surface area contributed by atoms with Crippen molar-refractivity contribution in [3.8, 4) is 0 Å².